The molecule has 0 saturated carbocycles. The van der Waals surface area contributed by atoms with Crippen LogP contribution in [0.5, 0.6) is 11.5 Å². The molecule has 0 bridgehead atoms. The van der Waals surface area contributed by atoms with E-state index in [4.69, 9.17) is 10.00 Å². The first-order chi connectivity index (χ1) is 16.7. The third-order valence-electron chi connectivity index (χ3n) is 5.50. The predicted molar refractivity (Wildman–Crippen MR) is 133 cm³/mol. The molecule has 0 atom stereocenters. The lowest BCUT2D eigenvalue weighted by atomic mass is 10.1. The Morgan fingerprint density at radius 1 is 0.912 bits per heavy atom. The minimum Gasteiger partial charge on any atom is -0.457 e. The predicted octanol–water partition coefficient (Wildman–Crippen LogP) is 6.66. The van der Waals surface area contributed by atoms with E-state index in [1.165, 1.54) is 0 Å². The van der Waals surface area contributed by atoms with Crippen molar-refractivity contribution < 1.29 is 4.74 Å². The average Bonchev–Trinajstić information content (AvgIpc) is 2.90. The fraction of sp³-hybridized carbons (Fsp3) is 0.0714. The summed E-state index contributed by atoms with van der Waals surface area (Å²) in [6.45, 7) is 2.10. The molecule has 0 radical (unpaired) electrons. The van der Waals surface area contributed by atoms with Crippen LogP contribution in [0.25, 0.3) is 22.2 Å². The molecule has 0 saturated heterocycles. The lowest BCUT2D eigenvalue weighted by Crippen LogP contribution is -2.01. The summed E-state index contributed by atoms with van der Waals surface area (Å²) in [5.74, 6) is 2.12. The average molecular weight is 444 g/mol. The first-order valence-corrected chi connectivity index (χ1v) is 11.0. The SMILES string of the molecule is CCc1cc(-c2ccccc2)nnc1Nc1ccc(Oc2ccnc3cc(C#N)ccc23)cc1. The number of hydrogen-bond donors (Lipinski definition) is 1. The fourth-order valence-electron chi connectivity index (χ4n) is 3.71. The molecule has 0 aliphatic rings. The molecule has 34 heavy (non-hydrogen) atoms. The number of hydrogen-bond acceptors (Lipinski definition) is 6. The summed E-state index contributed by atoms with van der Waals surface area (Å²) in [4.78, 5) is 4.34. The number of rotatable bonds is 6. The maximum atomic E-state index is 9.11. The number of benzene rings is 3. The van der Waals surface area contributed by atoms with Gasteiger partial charge in [0.25, 0.3) is 0 Å². The number of pyridine rings is 1. The highest BCUT2D eigenvalue weighted by Crippen LogP contribution is 2.31. The van der Waals surface area contributed by atoms with Crippen LogP contribution in [0, 0.1) is 11.3 Å². The number of nitriles is 1. The van der Waals surface area contributed by atoms with E-state index in [0.717, 1.165) is 45.6 Å². The second-order valence-corrected chi connectivity index (χ2v) is 7.73. The Morgan fingerprint density at radius 2 is 1.74 bits per heavy atom. The lowest BCUT2D eigenvalue weighted by Gasteiger charge is -2.12. The zero-order chi connectivity index (χ0) is 23.3. The largest absolute Gasteiger partial charge is 0.457 e. The maximum absolute atomic E-state index is 9.11. The highest BCUT2D eigenvalue weighted by Gasteiger charge is 2.09. The van der Waals surface area contributed by atoms with Gasteiger partial charge in [-0.2, -0.15) is 5.26 Å². The van der Waals surface area contributed by atoms with Crippen LogP contribution in [-0.4, -0.2) is 15.2 Å². The molecule has 0 fully saturated rings. The third-order valence-corrected chi connectivity index (χ3v) is 5.50. The highest BCUT2D eigenvalue weighted by atomic mass is 16.5. The summed E-state index contributed by atoms with van der Waals surface area (Å²) in [6, 6.07) is 29.1. The van der Waals surface area contributed by atoms with E-state index in [2.05, 4.69) is 39.6 Å². The van der Waals surface area contributed by atoms with Crippen LogP contribution in [0.1, 0.15) is 18.1 Å². The van der Waals surface area contributed by atoms with Gasteiger partial charge >= 0.3 is 0 Å². The summed E-state index contributed by atoms with van der Waals surface area (Å²) in [5, 5.41) is 22.2. The Morgan fingerprint density at radius 3 is 2.50 bits per heavy atom. The van der Waals surface area contributed by atoms with Crippen molar-refractivity contribution in [2.75, 3.05) is 5.32 Å². The van der Waals surface area contributed by atoms with Crippen LogP contribution in [0.2, 0.25) is 0 Å². The van der Waals surface area contributed by atoms with Gasteiger partial charge in [0.1, 0.15) is 11.5 Å². The number of nitrogens with zero attached hydrogens (tertiary/aromatic N) is 4. The molecule has 6 nitrogen and oxygen atoms in total. The molecule has 164 valence electrons. The van der Waals surface area contributed by atoms with Gasteiger partial charge < -0.3 is 10.1 Å². The van der Waals surface area contributed by atoms with Crippen molar-refractivity contribution in [3.63, 3.8) is 0 Å². The lowest BCUT2D eigenvalue weighted by molar-refractivity contribution is 0.488. The van der Waals surface area contributed by atoms with Crippen molar-refractivity contribution in [3.05, 3.63) is 102 Å². The molecule has 0 aliphatic heterocycles. The van der Waals surface area contributed by atoms with Crippen molar-refractivity contribution in [1.82, 2.24) is 15.2 Å². The Balaban J connectivity index is 1.34. The second-order valence-electron chi connectivity index (χ2n) is 7.73. The number of aromatic nitrogens is 3. The summed E-state index contributed by atoms with van der Waals surface area (Å²) >= 11 is 0. The topological polar surface area (TPSA) is 83.7 Å². The normalized spacial score (nSPS) is 10.6. The quantitative estimate of drug-likeness (QED) is 0.316. The van der Waals surface area contributed by atoms with E-state index in [1.54, 1.807) is 18.3 Å². The van der Waals surface area contributed by atoms with Crippen LogP contribution in [0.15, 0.2) is 91.1 Å². The van der Waals surface area contributed by atoms with Gasteiger partial charge in [-0.05, 0) is 66.6 Å². The fourth-order valence-corrected chi connectivity index (χ4v) is 3.71. The molecule has 3 aromatic carbocycles. The van der Waals surface area contributed by atoms with Gasteiger partial charge in [0.2, 0.25) is 0 Å². The van der Waals surface area contributed by atoms with E-state index < -0.39 is 0 Å². The van der Waals surface area contributed by atoms with Crippen molar-refractivity contribution in [2.45, 2.75) is 13.3 Å². The van der Waals surface area contributed by atoms with E-state index in [9.17, 15) is 0 Å². The van der Waals surface area contributed by atoms with E-state index in [0.29, 0.717) is 17.1 Å². The Bertz CT molecular complexity index is 1490. The molecule has 0 unspecified atom stereocenters. The molecule has 0 amide bonds. The van der Waals surface area contributed by atoms with Gasteiger partial charge in [-0.1, -0.05) is 37.3 Å². The minimum absolute atomic E-state index is 0.568. The number of anilines is 2. The Hall–Kier alpha value is -4.76. The molecule has 0 aliphatic carbocycles. The van der Waals surface area contributed by atoms with Gasteiger partial charge in [0, 0.05) is 22.8 Å². The molecule has 2 aromatic heterocycles. The first-order valence-electron chi connectivity index (χ1n) is 11.0. The van der Waals surface area contributed by atoms with Gasteiger partial charge in [-0.3, -0.25) is 4.98 Å². The zero-order valence-electron chi connectivity index (χ0n) is 18.6. The Labute approximate surface area is 197 Å². The van der Waals surface area contributed by atoms with Gasteiger partial charge in [0.05, 0.1) is 22.8 Å². The maximum Gasteiger partial charge on any atom is 0.156 e. The molecule has 6 heteroatoms. The van der Waals surface area contributed by atoms with Gasteiger partial charge in [-0.25, -0.2) is 0 Å². The monoisotopic (exact) mass is 443 g/mol. The van der Waals surface area contributed by atoms with E-state index in [1.807, 2.05) is 66.7 Å². The summed E-state index contributed by atoms with van der Waals surface area (Å²) in [6.07, 6.45) is 2.51. The Kier molecular flexibility index (Phi) is 5.83. The molecular formula is C28H21N5O. The van der Waals surface area contributed by atoms with Crippen LogP contribution >= 0.6 is 0 Å². The van der Waals surface area contributed by atoms with Crippen LogP contribution < -0.4 is 10.1 Å². The molecule has 2 heterocycles. The number of nitrogens with one attached hydrogen (secondary N) is 1. The molecule has 1 N–H and O–H groups in total. The van der Waals surface area contributed by atoms with Crippen LogP contribution in [0.4, 0.5) is 11.5 Å². The van der Waals surface area contributed by atoms with Crippen molar-refractivity contribution in [3.8, 4) is 28.8 Å². The second kappa shape index (κ2) is 9.39. The van der Waals surface area contributed by atoms with Crippen molar-refractivity contribution in [1.29, 1.82) is 5.26 Å². The highest BCUT2D eigenvalue weighted by molar-refractivity contribution is 5.86. The van der Waals surface area contributed by atoms with Crippen LogP contribution in [-0.2, 0) is 6.42 Å². The van der Waals surface area contributed by atoms with Crippen molar-refractivity contribution in [2.24, 2.45) is 0 Å². The van der Waals surface area contributed by atoms with Crippen LogP contribution in [0.3, 0.4) is 0 Å². The molecule has 0 spiro atoms. The third kappa shape index (κ3) is 4.41. The zero-order valence-corrected chi connectivity index (χ0v) is 18.6. The number of aryl methyl sites for hydroxylation is 1. The smallest absolute Gasteiger partial charge is 0.156 e. The van der Waals surface area contributed by atoms with Gasteiger partial charge in [0.15, 0.2) is 5.82 Å². The molecule has 5 rings (SSSR count). The summed E-state index contributed by atoms with van der Waals surface area (Å²) in [5.41, 5.74) is 5.18. The van der Waals surface area contributed by atoms with Gasteiger partial charge in [-0.15, -0.1) is 10.2 Å². The van der Waals surface area contributed by atoms with E-state index >= 15 is 0 Å². The summed E-state index contributed by atoms with van der Waals surface area (Å²) in [7, 11) is 0. The number of fused-ring (bicyclic) bond motifs is 1. The van der Waals surface area contributed by atoms with E-state index in [-0.39, 0.29) is 0 Å². The first kappa shape index (κ1) is 21.1. The minimum atomic E-state index is 0.568. The molecular weight excluding hydrogens is 422 g/mol. The summed E-state index contributed by atoms with van der Waals surface area (Å²) < 4.78 is 6.10. The molecule has 5 aromatic rings. The van der Waals surface area contributed by atoms with Crippen molar-refractivity contribution >= 4 is 22.4 Å². The standard InChI is InChI=1S/C28H21N5O/c1-2-20-17-25(21-6-4-3-5-7-21)32-33-28(20)31-22-9-11-23(12-10-22)34-27-14-15-30-26-16-19(18-29)8-13-24(26)27/h3-17H,2H2,1H3,(H,31,33). The number of ether oxygens (including phenoxy) is 1.